The molecule has 1 aromatic rings. The van der Waals surface area contributed by atoms with Crippen molar-refractivity contribution in [1.29, 1.82) is 0 Å². The Morgan fingerprint density at radius 2 is 2.13 bits per heavy atom. The minimum absolute atomic E-state index is 0.0131. The second kappa shape index (κ2) is 4.45. The maximum atomic E-state index is 11.9. The molecule has 0 saturated carbocycles. The SMILES string of the molecule is Cc1ccsc1C(=O)CC(N)C(C)(C)C. The van der Waals surface area contributed by atoms with E-state index in [2.05, 4.69) is 20.8 Å². The van der Waals surface area contributed by atoms with E-state index in [1.54, 1.807) is 0 Å². The van der Waals surface area contributed by atoms with Gasteiger partial charge in [-0.2, -0.15) is 0 Å². The van der Waals surface area contributed by atoms with Crippen LogP contribution in [0.15, 0.2) is 11.4 Å². The number of carbonyl (C=O) groups is 1. The number of rotatable bonds is 3. The highest BCUT2D eigenvalue weighted by Crippen LogP contribution is 2.24. The molecule has 2 nitrogen and oxygen atoms in total. The summed E-state index contributed by atoms with van der Waals surface area (Å²) in [4.78, 5) is 12.8. The Morgan fingerprint density at radius 3 is 2.53 bits per heavy atom. The molecule has 84 valence electrons. The molecule has 0 radical (unpaired) electrons. The van der Waals surface area contributed by atoms with Gasteiger partial charge in [-0.1, -0.05) is 20.8 Å². The Labute approximate surface area is 95.5 Å². The second-order valence-electron chi connectivity index (χ2n) is 5.03. The summed E-state index contributed by atoms with van der Waals surface area (Å²) in [7, 11) is 0. The highest BCUT2D eigenvalue weighted by molar-refractivity contribution is 7.12. The van der Waals surface area contributed by atoms with Gasteiger partial charge in [-0.05, 0) is 29.3 Å². The van der Waals surface area contributed by atoms with E-state index in [0.717, 1.165) is 10.4 Å². The summed E-state index contributed by atoms with van der Waals surface area (Å²) < 4.78 is 0. The summed E-state index contributed by atoms with van der Waals surface area (Å²) in [5.41, 5.74) is 7.04. The fourth-order valence-corrected chi connectivity index (χ4v) is 2.13. The maximum Gasteiger partial charge on any atom is 0.174 e. The van der Waals surface area contributed by atoms with Gasteiger partial charge in [0.1, 0.15) is 0 Å². The van der Waals surface area contributed by atoms with Crippen LogP contribution in [0.5, 0.6) is 0 Å². The average Bonchev–Trinajstić information content (AvgIpc) is 2.49. The molecule has 15 heavy (non-hydrogen) atoms. The van der Waals surface area contributed by atoms with Crippen LogP contribution in [0.3, 0.4) is 0 Å². The summed E-state index contributed by atoms with van der Waals surface area (Å²) in [5, 5.41) is 1.95. The minimum Gasteiger partial charge on any atom is -0.327 e. The Hall–Kier alpha value is -0.670. The van der Waals surface area contributed by atoms with Crippen molar-refractivity contribution in [1.82, 2.24) is 0 Å². The lowest BCUT2D eigenvalue weighted by molar-refractivity contribution is 0.0956. The first kappa shape index (κ1) is 12.4. The molecule has 0 fully saturated rings. The molecule has 1 aromatic heterocycles. The molecule has 1 atom stereocenters. The highest BCUT2D eigenvalue weighted by atomic mass is 32.1. The Bertz CT molecular complexity index is 349. The second-order valence-corrected chi connectivity index (χ2v) is 5.95. The highest BCUT2D eigenvalue weighted by Gasteiger charge is 2.24. The van der Waals surface area contributed by atoms with E-state index in [1.807, 2.05) is 18.4 Å². The first-order valence-electron chi connectivity index (χ1n) is 5.15. The largest absolute Gasteiger partial charge is 0.327 e. The molecule has 0 spiro atoms. The van der Waals surface area contributed by atoms with E-state index < -0.39 is 0 Å². The standard InChI is InChI=1S/C12H19NOS/c1-8-5-6-15-11(8)9(14)7-10(13)12(2,3)4/h5-6,10H,7,13H2,1-4H3. The lowest BCUT2D eigenvalue weighted by atomic mass is 9.84. The Balaban J connectivity index is 2.69. The van der Waals surface area contributed by atoms with E-state index in [0.29, 0.717) is 6.42 Å². The predicted octanol–water partition coefficient (Wildman–Crippen LogP) is 3.00. The van der Waals surface area contributed by atoms with Gasteiger partial charge in [0, 0.05) is 12.5 Å². The Morgan fingerprint density at radius 1 is 1.53 bits per heavy atom. The van der Waals surface area contributed by atoms with Gasteiger partial charge < -0.3 is 5.73 Å². The molecule has 0 aliphatic heterocycles. The number of thiophene rings is 1. The molecule has 1 heterocycles. The van der Waals surface area contributed by atoms with Crippen molar-refractivity contribution in [2.24, 2.45) is 11.1 Å². The number of nitrogens with two attached hydrogens (primary N) is 1. The van der Waals surface area contributed by atoms with Gasteiger partial charge in [0.15, 0.2) is 5.78 Å². The quantitative estimate of drug-likeness (QED) is 0.804. The zero-order valence-corrected chi connectivity index (χ0v) is 10.6. The van der Waals surface area contributed by atoms with Crippen LogP contribution < -0.4 is 5.73 Å². The first-order chi connectivity index (χ1) is 6.82. The molecule has 1 rings (SSSR count). The molecule has 3 heteroatoms. The van der Waals surface area contributed by atoms with Gasteiger partial charge in [-0.3, -0.25) is 4.79 Å². The third kappa shape index (κ3) is 3.14. The summed E-state index contributed by atoms with van der Waals surface area (Å²) in [5.74, 6) is 0.171. The molecule has 0 aliphatic carbocycles. The van der Waals surface area contributed by atoms with Crippen molar-refractivity contribution < 1.29 is 4.79 Å². The van der Waals surface area contributed by atoms with Gasteiger partial charge in [-0.25, -0.2) is 0 Å². The van der Waals surface area contributed by atoms with Crippen molar-refractivity contribution in [3.63, 3.8) is 0 Å². The number of hydrogen-bond acceptors (Lipinski definition) is 3. The van der Waals surface area contributed by atoms with Gasteiger partial charge in [0.05, 0.1) is 4.88 Å². The van der Waals surface area contributed by atoms with E-state index in [4.69, 9.17) is 5.73 Å². The fraction of sp³-hybridized carbons (Fsp3) is 0.583. The summed E-state index contributed by atoms with van der Waals surface area (Å²) in [6, 6.07) is 1.90. The van der Waals surface area contributed by atoms with Crippen molar-refractivity contribution in [2.75, 3.05) is 0 Å². The zero-order valence-electron chi connectivity index (χ0n) is 9.83. The predicted molar refractivity (Wildman–Crippen MR) is 65.4 cm³/mol. The van der Waals surface area contributed by atoms with E-state index in [-0.39, 0.29) is 17.2 Å². The lowest BCUT2D eigenvalue weighted by Crippen LogP contribution is -2.36. The minimum atomic E-state index is -0.0773. The third-order valence-corrected chi connectivity index (χ3v) is 3.69. The van der Waals surface area contributed by atoms with Gasteiger partial charge in [-0.15, -0.1) is 11.3 Å². The van der Waals surface area contributed by atoms with Crippen LogP contribution in [0.2, 0.25) is 0 Å². The lowest BCUT2D eigenvalue weighted by Gasteiger charge is -2.26. The Kier molecular flexibility index (Phi) is 3.68. The monoisotopic (exact) mass is 225 g/mol. The number of aryl methyl sites for hydroxylation is 1. The molecule has 0 saturated heterocycles. The smallest absolute Gasteiger partial charge is 0.174 e. The molecular weight excluding hydrogens is 206 g/mol. The number of carbonyl (C=O) groups excluding carboxylic acids is 1. The summed E-state index contributed by atoms with van der Waals surface area (Å²) in [6.07, 6.45) is 0.435. The zero-order chi connectivity index (χ0) is 11.6. The normalized spacial score (nSPS) is 13.9. The first-order valence-corrected chi connectivity index (χ1v) is 6.03. The van der Waals surface area contributed by atoms with Crippen molar-refractivity contribution >= 4 is 17.1 Å². The number of ketones is 1. The molecule has 2 N–H and O–H groups in total. The number of hydrogen-bond donors (Lipinski definition) is 1. The molecule has 0 amide bonds. The van der Waals surface area contributed by atoms with Crippen LogP contribution in [0.25, 0.3) is 0 Å². The van der Waals surface area contributed by atoms with E-state index in [1.165, 1.54) is 11.3 Å². The van der Waals surface area contributed by atoms with E-state index >= 15 is 0 Å². The average molecular weight is 225 g/mol. The molecular formula is C12H19NOS. The van der Waals surface area contributed by atoms with Crippen molar-refractivity contribution in [3.8, 4) is 0 Å². The fourth-order valence-electron chi connectivity index (χ4n) is 1.26. The van der Waals surface area contributed by atoms with Crippen LogP contribution in [0.4, 0.5) is 0 Å². The van der Waals surface area contributed by atoms with Crippen LogP contribution in [0, 0.1) is 12.3 Å². The van der Waals surface area contributed by atoms with Crippen LogP contribution in [-0.2, 0) is 0 Å². The third-order valence-electron chi connectivity index (χ3n) is 2.63. The van der Waals surface area contributed by atoms with Crippen molar-refractivity contribution in [3.05, 3.63) is 21.9 Å². The van der Waals surface area contributed by atoms with E-state index in [9.17, 15) is 4.79 Å². The summed E-state index contributed by atoms with van der Waals surface area (Å²) in [6.45, 7) is 8.15. The molecule has 0 aromatic carbocycles. The molecule has 0 aliphatic rings. The maximum absolute atomic E-state index is 11.9. The summed E-state index contributed by atoms with van der Waals surface area (Å²) >= 11 is 1.51. The van der Waals surface area contributed by atoms with Crippen LogP contribution >= 0.6 is 11.3 Å². The topological polar surface area (TPSA) is 43.1 Å². The van der Waals surface area contributed by atoms with Crippen LogP contribution in [-0.4, -0.2) is 11.8 Å². The molecule has 0 bridgehead atoms. The van der Waals surface area contributed by atoms with Gasteiger partial charge in [0.25, 0.3) is 0 Å². The van der Waals surface area contributed by atoms with Gasteiger partial charge >= 0.3 is 0 Å². The van der Waals surface area contributed by atoms with Crippen LogP contribution in [0.1, 0.15) is 42.4 Å². The molecule has 1 unspecified atom stereocenters. The van der Waals surface area contributed by atoms with Crippen molar-refractivity contribution in [2.45, 2.75) is 40.2 Å². The van der Waals surface area contributed by atoms with Gasteiger partial charge in [0.2, 0.25) is 0 Å². The number of Topliss-reactive ketones (excluding diaryl/α,β-unsaturated/α-hetero) is 1.